The van der Waals surface area contributed by atoms with Gasteiger partial charge in [0.25, 0.3) is 0 Å². The van der Waals surface area contributed by atoms with Crippen LogP contribution in [0.3, 0.4) is 0 Å². The zero-order valence-electron chi connectivity index (χ0n) is 13.6. The average Bonchev–Trinajstić information content (AvgIpc) is 2.93. The molecule has 0 N–H and O–H groups in total. The van der Waals surface area contributed by atoms with Crippen LogP contribution in [0, 0.1) is 18.3 Å². The van der Waals surface area contributed by atoms with Crippen molar-refractivity contribution in [3.8, 4) is 6.07 Å². The Hall–Kier alpha value is -2.39. The van der Waals surface area contributed by atoms with Crippen LogP contribution in [0.15, 0.2) is 24.3 Å². The predicted octanol–water partition coefficient (Wildman–Crippen LogP) is 2.75. The summed E-state index contributed by atoms with van der Waals surface area (Å²) >= 11 is 0. The highest BCUT2D eigenvalue weighted by molar-refractivity contribution is 5.89. The molecular formula is C17H21NO5. The van der Waals surface area contributed by atoms with Crippen LogP contribution in [-0.4, -0.2) is 30.9 Å². The summed E-state index contributed by atoms with van der Waals surface area (Å²) in [6, 6.07) is 8.93. The van der Waals surface area contributed by atoms with Gasteiger partial charge in [-0.15, -0.1) is 0 Å². The van der Waals surface area contributed by atoms with Gasteiger partial charge in [-0.1, -0.05) is 17.7 Å². The fourth-order valence-corrected chi connectivity index (χ4v) is 2.01. The van der Waals surface area contributed by atoms with Crippen molar-refractivity contribution in [1.29, 1.82) is 5.26 Å². The summed E-state index contributed by atoms with van der Waals surface area (Å²) in [6.45, 7) is 4.90. The number of hydrogen-bond donors (Lipinski definition) is 0. The molecule has 0 spiro atoms. The van der Waals surface area contributed by atoms with Gasteiger partial charge in [-0.2, -0.15) is 5.26 Å². The van der Waals surface area contributed by atoms with Gasteiger partial charge in [0.05, 0.1) is 17.7 Å². The molecule has 23 heavy (non-hydrogen) atoms. The van der Waals surface area contributed by atoms with E-state index < -0.39 is 6.29 Å². The number of ether oxygens (including phenoxy) is 3. The van der Waals surface area contributed by atoms with Crippen LogP contribution in [0.5, 0.6) is 0 Å². The van der Waals surface area contributed by atoms with E-state index in [1.54, 1.807) is 18.2 Å². The van der Waals surface area contributed by atoms with Crippen molar-refractivity contribution in [2.24, 2.45) is 0 Å². The zero-order chi connectivity index (χ0) is 17.2. The van der Waals surface area contributed by atoms with Crippen molar-refractivity contribution in [1.82, 2.24) is 0 Å². The van der Waals surface area contributed by atoms with Crippen LogP contribution in [-0.2, 0) is 19.0 Å². The summed E-state index contributed by atoms with van der Waals surface area (Å²) in [5, 5.41) is 7.32. The van der Waals surface area contributed by atoms with E-state index >= 15 is 0 Å². The Bertz CT molecular complexity index is 561. The predicted molar refractivity (Wildman–Crippen MR) is 82.4 cm³/mol. The van der Waals surface area contributed by atoms with Gasteiger partial charge in [0, 0.05) is 20.3 Å². The number of benzene rings is 1. The van der Waals surface area contributed by atoms with Gasteiger partial charge in [0.1, 0.15) is 6.61 Å². The number of nitrogens with zero attached hydrogens (tertiary/aromatic N) is 1. The average molecular weight is 319 g/mol. The maximum absolute atomic E-state index is 11.8. The fourth-order valence-electron chi connectivity index (χ4n) is 2.01. The van der Waals surface area contributed by atoms with E-state index in [9.17, 15) is 9.59 Å². The molecule has 0 saturated carbocycles. The lowest BCUT2D eigenvalue weighted by Crippen LogP contribution is -2.21. The third kappa shape index (κ3) is 6.94. The molecule has 0 radical (unpaired) electrons. The second-order valence-electron chi connectivity index (χ2n) is 5.06. The Morgan fingerprint density at radius 2 is 1.91 bits per heavy atom. The Balaban J connectivity index is 0.000000816. The molecule has 6 nitrogen and oxygen atoms in total. The first-order valence-electron chi connectivity index (χ1n) is 7.33. The summed E-state index contributed by atoms with van der Waals surface area (Å²) in [5.74, 6) is -0.739. The SMILES string of the molecule is CC#N.CC(=O)OC1CCC(COC(=O)c2ccc(C)cc2)O1. The molecule has 0 aliphatic carbocycles. The minimum Gasteiger partial charge on any atom is -0.459 e. The van der Waals surface area contributed by atoms with E-state index in [4.69, 9.17) is 19.5 Å². The van der Waals surface area contributed by atoms with Gasteiger partial charge < -0.3 is 14.2 Å². The number of carbonyl (C=O) groups excluding carboxylic acids is 2. The van der Waals surface area contributed by atoms with Gasteiger partial charge in [0.2, 0.25) is 6.29 Å². The molecule has 1 saturated heterocycles. The lowest BCUT2D eigenvalue weighted by Gasteiger charge is -2.13. The van der Waals surface area contributed by atoms with Gasteiger partial charge >= 0.3 is 11.9 Å². The summed E-state index contributed by atoms with van der Waals surface area (Å²) in [4.78, 5) is 22.6. The van der Waals surface area contributed by atoms with Crippen LogP contribution in [0.25, 0.3) is 0 Å². The maximum atomic E-state index is 11.8. The Morgan fingerprint density at radius 1 is 1.30 bits per heavy atom. The second kappa shape index (κ2) is 9.59. The largest absolute Gasteiger partial charge is 0.459 e. The number of esters is 2. The van der Waals surface area contributed by atoms with Crippen LogP contribution < -0.4 is 0 Å². The summed E-state index contributed by atoms with van der Waals surface area (Å²) in [5.41, 5.74) is 1.61. The van der Waals surface area contributed by atoms with Crippen molar-refractivity contribution in [3.63, 3.8) is 0 Å². The fraction of sp³-hybridized carbons (Fsp3) is 0.471. The number of hydrogen-bond acceptors (Lipinski definition) is 6. The Morgan fingerprint density at radius 3 is 2.48 bits per heavy atom. The van der Waals surface area contributed by atoms with Crippen molar-refractivity contribution in [2.75, 3.05) is 6.61 Å². The molecule has 1 heterocycles. The van der Waals surface area contributed by atoms with E-state index in [1.165, 1.54) is 13.8 Å². The van der Waals surface area contributed by atoms with Gasteiger partial charge in [-0.3, -0.25) is 4.79 Å². The molecule has 2 atom stereocenters. The molecule has 2 unspecified atom stereocenters. The van der Waals surface area contributed by atoms with Crippen molar-refractivity contribution in [2.45, 2.75) is 46.0 Å². The highest BCUT2D eigenvalue weighted by Gasteiger charge is 2.28. The van der Waals surface area contributed by atoms with Gasteiger partial charge in [-0.05, 0) is 25.5 Å². The quantitative estimate of drug-likeness (QED) is 0.793. The van der Waals surface area contributed by atoms with Crippen LogP contribution in [0.4, 0.5) is 0 Å². The normalized spacial score (nSPS) is 19.0. The van der Waals surface area contributed by atoms with Crippen molar-refractivity contribution in [3.05, 3.63) is 35.4 Å². The van der Waals surface area contributed by atoms with Crippen molar-refractivity contribution >= 4 is 11.9 Å². The molecule has 0 amide bonds. The highest BCUT2D eigenvalue weighted by Crippen LogP contribution is 2.21. The lowest BCUT2D eigenvalue weighted by molar-refractivity contribution is -0.174. The molecule has 1 aliphatic rings. The minimum atomic E-state index is -0.518. The first-order valence-corrected chi connectivity index (χ1v) is 7.33. The van der Waals surface area contributed by atoms with Gasteiger partial charge in [-0.25, -0.2) is 4.79 Å². The van der Waals surface area contributed by atoms with Crippen LogP contribution >= 0.6 is 0 Å². The molecule has 0 aromatic heterocycles. The summed E-state index contributed by atoms with van der Waals surface area (Å²) in [7, 11) is 0. The van der Waals surface area contributed by atoms with E-state index in [0.29, 0.717) is 18.4 Å². The molecule has 6 heteroatoms. The third-order valence-corrected chi connectivity index (χ3v) is 3.05. The molecule has 1 fully saturated rings. The van der Waals surface area contributed by atoms with E-state index in [0.717, 1.165) is 5.56 Å². The smallest absolute Gasteiger partial charge is 0.338 e. The first kappa shape index (κ1) is 18.7. The molecule has 1 aliphatic heterocycles. The Kier molecular flexibility index (Phi) is 7.78. The maximum Gasteiger partial charge on any atom is 0.338 e. The van der Waals surface area contributed by atoms with Crippen LogP contribution in [0.1, 0.15) is 42.6 Å². The number of rotatable bonds is 4. The standard InChI is InChI=1S/C15H18O5.C2H3N/c1-10-3-5-12(6-4-10)15(17)18-9-13-7-8-14(20-13)19-11(2)16;1-2-3/h3-6,13-14H,7-9H2,1-2H3;1H3. The van der Waals surface area contributed by atoms with Crippen LogP contribution in [0.2, 0.25) is 0 Å². The molecule has 0 bridgehead atoms. The molecule has 2 rings (SSSR count). The summed E-state index contributed by atoms with van der Waals surface area (Å²) < 4.78 is 15.6. The second-order valence-corrected chi connectivity index (χ2v) is 5.06. The third-order valence-electron chi connectivity index (χ3n) is 3.05. The molecular weight excluding hydrogens is 298 g/mol. The molecule has 124 valence electrons. The van der Waals surface area contributed by atoms with Gasteiger partial charge in [0.15, 0.2) is 0 Å². The molecule has 1 aromatic carbocycles. The van der Waals surface area contributed by atoms with E-state index in [1.807, 2.05) is 19.1 Å². The lowest BCUT2D eigenvalue weighted by atomic mass is 10.1. The monoisotopic (exact) mass is 319 g/mol. The number of aryl methyl sites for hydroxylation is 1. The summed E-state index contributed by atoms with van der Waals surface area (Å²) in [6.07, 6.45) is 0.607. The number of nitriles is 1. The Labute approximate surface area is 136 Å². The van der Waals surface area contributed by atoms with E-state index in [-0.39, 0.29) is 24.6 Å². The topological polar surface area (TPSA) is 85.6 Å². The molecule has 1 aromatic rings. The minimum absolute atomic E-state index is 0.171. The van der Waals surface area contributed by atoms with Crippen molar-refractivity contribution < 1.29 is 23.8 Å². The highest BCUT2D eigenvalue weighted by atomic mass is 16.7. The van der Waals surface area contributed by atoms with E-state index in [2.05, 4.69) is 0 Å². The number of carbonyl (C=O) groups is 2. The first-order chi connectivity index (χ1) is 11.0. The zero-order valence-corrected chi connectivity index (χ0v) is 13.6.